The number of nitrogens with zero attached hydrogens (tertiary/aromatic N) is 2. The fourth-order valence-electron chi connectivity index (χ4n) is 3.56. The van der Waals surface area contributed by atoms with Crippen molar-refractivity contribution in [1.29, 1.82) is 0 Å². The van der Waals surface area contributed by atoms with Crippen molar-refractivity contribution in [2.45, 2.75) is 19.9 Å². The minimum Gasteiger partial charge on any atom is -0.351 e. The summed E-state index contributed by atoms with van der Waals surface area (Å²) in [6.07, 6.45) is 1.75. The van der Waals surface area contributed by atoms with Gasteiger partial charge in [0.15, 0.2) is 0 Å². The van der Waals surface area contributed by atoms with E-state index in [0.29, 0.717) is 16.9 Å². The van der Waals surface area contributed by atoms with Crippen LogP contribution in [0, 0.1) is 24.0 Å². The molecule has 1 N–H and O–H groups in total. The molecule has 0 saturated carbocycles. The molecule has 150 valence electrons. The van der Waals surface area contributed by atoms with Gasteiger partial charge < -0.3 is 5.32 Å². The Morgan fingerprint density at radius 2 is 1.50 bits per heavy atom. The van der Waals surface area contributed by atoms with Gasteiger partial charge in [-0.25, -0.2) is 0 Å². The molecule has 1 heterocycles. The molecule has 0 spiro atoms. The number of anilines is 2. The van der Waals surface area contributed by atoms with E-state index in [1.54, 1.807) is 29.2 Å². The van der Waals surface area contributed by atoms with Gasteiger partial charge in [0.25, 0.3) is 11.6 Å². The number of aryl methyl sites for hydroxylation is 2. The van der Waals surface area contributed by atoms with Gasteiger partial charge in [-0.15, -0.1) is 0 Å². The van der Waals surface area contributed by atoms with Crippen molar-refractivity contribution < 1.29 is 9.72 Å². The zero-order valence-electron chi connectivity index (χ0n) is 16.7. The third-order valence-electron chi connectivity index (χ3n) is 5.15. The smallest absolute Gasteiger partial charge is 0.275 e. The number of benzene rings is 3. The Kier molecular flexibility index (Phi) is 5.06. The lowest BCUT2D eigenvalue weighted by Gasteiger charge is -2.25. The molecule has 0 aromatic heterocycles. The molecular formula is C24H21N3O3. The van der Waals surface area contributed by atoms with Crippen LogP contribution in [0.2, 0.25) is 0 Å². The van der Waals surface area contributed by atoms with Crippen LogP contribution >= 0.6 is 0 Å². The average Bonchev–Trinajstić information content (AvgIpc) is 3.06. The highest BCUT2D eigenvalue weighted by Crippen LogP contribution is 2.39. The summed E-state index contributed by atoms with van der Waals surface area (Å²) in [5.74, 6) is -0.234. The van der Waals surface area contributed by atoms with E-state index in [-0.39, 0.29) is 11.6 Å². The zero-order valence-corrected chi connectivity index (χ0v) is 16.7. The molecule has 3 aromatic rings. The number of carbonyl (C=O) groups is 1. The van der Waals surface area contributed by atoms with Crippen molar-refractivity contribution in [3.05, 3.63) is 111 Å². The Bertz CT molecular complexity index is 1140. The van der Waals surface area contributed by atoms with Gasteiger partial charge >= 0.3 is 0 Å². The summed E-state index contributed by atoms with van der Waals surface area (Å²) in [5, 5.41) is 14.8. The summed E-state index contributed by atoms with van der Waals surface area (Å²) in [6.45, 7) is 3.96. The van der Waals surface area contributed by atoms with Gasteiger partial charge in [-0.2, -0.15) is 0 Å². The molecule has 0 fully saturated rings. The molecule has 3 aromatic carbocycles. The summed E-state index contributed by atoms with van der Waals surface area (Å²) in [4.78, 5) is 26.2. The molecule has 6 nitrogen and oxygen atoms in total. The molecule has 30 heavy (non-hydrogen) atoms. The molecule has 0 bridgehead atoms. The van der Waals surface area contributed by atoms with Gasteiger partial charge in [0.05, 0.1) is 16.5 Å². The van der Waals surface area contributed by atoms with Gasteiger partial charge in [-0.3, -0.25) is 19.8 Å². The lowest BCUT2D eigenvalue weighted by molar-refractivity contribution is -0.385. The normalized spacial score (nSPS) is 15.8. The number of nitrogens with one attached hydrogen (secondary N) is 1. The summed E-state index contributed by atoms with van der Waals surface area (Å²) in [6, 6.07) is 21.2. The first-order valence-electron chi connectivity index (χ1n) is 9.63. The van der Waals surface area contributed by atoms with Crippen LogP contribution in [0.3, 0.4) is 0 Å². The molecule has 1 aliphatic heterocycles. The Hall–Kier alpha value is -3.93. The molecule has 1 amide bonds. The molecule has 0 unspecified atom stereocenters. The van der Waals surface area contributed by atoms with Crippen molar-refractivity contribution in [1.82, 2.24) is 0 Å². The van der Waals surface area contributed by atoms with E-state index >= 15 is 0 Å². The maximum atomic E-state index is 13.4. The van der Waals surface area contributed by atoms with Crippen molar-refractivity contribution in [2.75, 3.05) is 10.2 Å². The molecular weight excluding hydrogens is 378 g/mol. The second kappa shape index (κ2) is 7.83. The first kappa shape index (κ1) is 19.4. The maximum absolute atomic E-state index is 13.4. The van der Waals surface area contributed by atoms with Crippen LogP contribution in [0.4, 0.5) is 17.1 Å². The molecule has 1 aliphatic rings. The molecule has 1 atom stereocenters. The van der Waals surface area contributed by atoms with E-state index in [1.807, 2.05) is 62.4 Å². The van der Waals surface area contributed by atoms with Crippen molar-refractivity contribution >= 4 is 23.0 Å². The van der Waals surface area contributed by atoms with E-state index in [1.165, 1.54) is 6.07 Å². The highest BCUT2D eigenvalue weighted by Gasteiger charge is 2.37. The number of amides is 1. The average molecular weight is 399 g/mol. The van der Waals surface area contributed by atoms with Crippen LogP contribution in [-0.4, -0.2) is 10.8 Å². The van der Waals surface area contributed by atoms with Gasteiger partial charge in [0.2, 0.25) is 0 Å². The van der Waals surface area contributed by atoms with Gasteiger partial charge in [0, 0.05) is 17.4 Å². The summed E-state index contributed by atoms with van der Waals surface area (Å²) < 4.78 is 0. The number of nitro benzene ring substituents is 1. The SMILES string of the molecule is Cc1ccc(NC2=C[C@H](c3ccccc3[N+](=O)[O-])N(c3ccc(C)cc3)C2=O)cc1. The van der Waals surface area contributed by atoms with Crippen molar-refractivity contribution in [3.8, 4) is 0 Å². The Labute approximate surface area is 174 Å². The van der Waals surface area contributed by atoms with E-state index in [2.05, 4.69) is 5.32 Å². The zero-order chi connectivity index (χ0) is 21.3. The minimum atomic E-state index is -0.588. The quantitative estimate of drug-likeness (QED) is 0.467. The number of carbonyl (C=O) groups excluding carboxylic acids is 1. The Morgan fingerprint density at radius 3 is 2.13 bits per heavy atom. The number of rotatable bonds is 5. The largest absolute Gasteiger partial charge is 0.351 e. The van der Waals surface area contributed by atoms with Crippen LogP contribution in [-0.2, 0) is 4.79 Å². The number of para-hydroxylation sites is 1. The van der Waals surface area contributed by atoms with Crippen LogP contribution in [0.15, 0.2) is 84.6 Å². The first-order chi connectivity index (χ1) is 14.4. The minimum absolute atomic E-state index is 0.0137. The van der Waals surface area contributed by atoms with Crippen molar-refractivity contribution in [3.63, 3.8) is 0 Å². The summed E-state index contributed by atoms with van der Waals surface area (Å²) >= 11 is 0. The standard InChI is InChI=1S/C24H21N3O3/c1-16-7-11-18(12-8-16)25-21-15-23(20-5-3-4-6-22(20)27(29)30)26(24(21)28)19-13-9-17(2)10-14-19/h3-15,23,25H,1-2H3/t23-/m1/s1. The highest BCUT2D eigenvalue weighted by molar-refractivity contribution is 6.11. The van der Waals surface area contributed by atoms with Gasteiger partial charge in [-0.05, 0) is 50.3 Å². The van der Waals surface area contributed by atoms with Crippen LogP contribution < -0.4 is 10.2 Å². The Balaban J connectivity index is 1.79. The topological polar surface area (TPSA) is 75.5 Å². The predicted octanol–water partition coefficient (Wildman–Crippen LogP) is 5.30. The molecule has 0 saturated heterocycles. The van der Waals surface area contributed by atoms with Crippen molar-refractivity contribution in [2.24, 2.45) is 0 Å². The van der Waals surface area contributed by atoms with Gasteiger partial charge in [0.1, 0.15) is 5.70 Å². The predicted molar refractivity (Wildman–Crippen MR) is 117 cm³/mol. The second-order valence-corrected chi connectivity index (χ2v) is 7.34. The van der Waals surface area contributed by atoms with E-state index in [4.69, 9.17) is 0 Å². The molecule has 6 heteroatoms. The van der Waals surface area contributed by atoms with E-state index in [9.17, 15) is 14.9 Å². The number of nitro groups is 1. The van der Waals surface area contributed by atoms with Crippen LogP contribution in [0.5, 0.6) is 0 Å². The van der Waals surface area contributed by atoms with Crippen LogP contribution in [0.25, 0.3) is 0 Å². The maximum Gasteiger partial charge on any atom is 0.275 e. The first-order valence-corrected chi connectivity index (χ1v) is 9.63. The number of hydrogen-bond acceptors (Lipinski definition) is 4. The third-order valence-corrected chi connectivity index (χ3v) is 5.15. The monoisotopic (exact) mass is 399 g/mol. The summed E-state index contributed by atoms with van der Waals surface area (Å²) in [5.41, 5.74) is 4.50. The van der Waals surface area contributed by atoms with Gasteiger partial charge in [-0.1, -0.05) is 47.5 Å². The lowest BCUT2D eigenvalue weighted by Crippen LogP contribution is -2.31. The Morgan fingerprint density at radius 1 is 0.900 bits per heavy atom. The summed E-state index contributed by atoms with van der Waals surface area (Å²) in [7, 11) is 0. The van der Waals surface area contributed by atoms with E-state index in [0.717, 1.165) is 16.8 Å². The molecule has 4 rings (SSSR count). The third kappa shape index (κ3) is 3.67. The van der Waals surface area contributed by atoms with Crippen LogP contribution in [0.1, 0.15) is 22.7 Å². The molecule has 0 aliphatic carbocycles. The lowest BCUT2D eigenvalue weighted by atomic mass is 10.0. The molecule has 0 radical (unpaired) electrons. The highest BCUT2D eigenvalue weighted by atomic mass is 16.6. The second-order valence-electron chi connectivity index (χ2n) is 7.34. The van der Waals surface area contributed by atoms with E-state index < -0.39 is 11.0 Å². The number of hydrogen-bond donors (Lipinski definition) is 1. The fraction of sp³-hybridized carbons (Fsp3) is 0.125. The fourth-order valence-corrected chi connectivity index (χ4v) is 3.56.